The molecule has 9 nitrogen and oxygen atoms in total. The zero-order valence-electron chi connectivity index (χ0n) is 24.9. The Morgan fingerprint density at radius 1 is 1.12 bits per heavy atom. The Hall–Kier alpha value is -3.83. The maximum Gasteiger partial charge on any atom is 0.338 e. The first-order valence-electron chi connectivity index (χ1n) is 14.2. The molecule has 3 aromatic rings. The van der Waals surface area contributed by atoms with Crippen LogP contribution in [0.15, 0.2) is 68.4 Å². The number of allylic oxidation sites excluding steroid dienone is 1. The van der Waals surface area contributed by atoms with Crippen molar-refractivity contribution in [1.82, 2.24) is 9.47 Å². The normalized spacial score (nSPS) is 16.7. The molecule has 43 heavy (non-hydrogen) atoms. The molecule has 1 atom stereocenters. The number of hydrogen-bond donors (Lipinski definition) is 0. The number of nitrogens with zero attached hydrogens (tertiary/aromatic N) is 3. The number of rotatable bonds is 9. The van der Waals surface area contributed by atoms with Crippen molar-refractivity contribution in [3.63, 3.8) is 0 Å². The summed E-state index contributed by atoms with van der Waals surface area (Å²) in [6.07, 6.45) is 5.48. The molecule has 0 spiro atoms. The molecular formula is C32H35N3O6S2. The predicted octanol–water partition coefficient (Wildman–Crippen LogP) is 3.92. The topological polar surface area (TPSA) is 99.4 Å². The van der Waals surface area contributed by atoms with Crippen molar-refractivity contribution in [2.24, 2.45) is 4.99 Å². The van der Waals surface area contributed by atoms with Gasteiger partial charge >= 0.3 is 5.97 Å². The van der Waals surface area contributed by atoms with Gasteiger partial charge in [0.1, 0.15) is 0 Å². The van der Waals surface area contributed by atoms with Gasteiger partial charge in [0, 0.05) is 18.0 Å². The Kier molecular flexibility index (Phi) is 9.41. The van der Waals surface area contributed by atoms with Gasteiger partial charge in [-0.3, -0.25) is 14.2 Å². The summed E-state index contributed by atoms with van der Waals surface area (Å²) in [5.74, 6) is 0.366. The lowest BCUT2D eigenvalue weighted by Gasteiger charge is -2.25. The SMILES string of the molecule is COc1cc(/C=c2\sc3n(c2=O)[C@H](c2ccc(SC)cc2)C(C(=O)OC(C)C)=C(C)N=3)ccc1OCC(=O)N1CCCC1. The van der Waals surface area contributed by atoms with Crippen LogP contribution in [0.25, 0.3) is 6.08 Å². The van der Waals surface area contributed by atoms with Crippen LogP contribution in [0.3, 0.4) is 0 Å². The molecule has 226 valence electrons. The lowest BCUT2D eigenvalue weighted by molar-refractivity contribution is -0.143. The Morgan fingerprint density at radius 3 is 2.49 bits per heavy atom. The number of amides is 1. The maximum absolute atomic E-state index is 14.0. The Bertz CT molecular complexity index is 1730. The molecule has 0 N–H and O–H groups in total. The number of hydrogen-bond acceptors (Lipinski definition) is 9. The van der Waals surface area contributed by atoms with E-state index in [-0.39, 0.29) is 24.2 Å². The van der Waals surface area contributed by atoms with Crippen molar-refractivity contribution in [2.45, 2.75) is 50.7 Å². The van der Waals surface area contributed by atoms with Crippen LogP contribution in [0.4, 0.5) is 0 Å². The molecule has 0 unspecified atom stereocenters. The molecule has 2 aliphatic rings. The van der Waals surface area contributed by atoms with Gasteiger partial charge in [0.15, 0.2) is 22.9 Å². The minimum atomic E-state index is -0.681. The molecule has 11 heteroatoms. The number of thiazole rings is 1. The van der Waals surface area contributed by atoms with Gasteiger partial charge in [-0.05, 0) is 81.3 Å². The highest BCUT2D eigenvalue weighted by molar-refractivity contribution is 7.98. The number of ether oxygens (including phenoxy) is 3. The number of aromatic nitrogens is 1. The van der Waals surface area contributed by atoms with Crippen LogP contribution in [0.1, 0.15) is 50.8 Å². The predicted molar refractivity (Wildman–Crippen MR) is 168 cm³/mol. The highest BCUT2D eigenvalue weighted by atomic mass is 32.2. The maximum atomic E-state index is 14.0. The number of thioether (sulfide) groups is 1. The Morgan fingerprint density at radius 2 is 1.84 bits per heavy atom. The van der Waals surface area contributed by atoms with Crippen LogP contribution in [0.2, 0.25) is 0 Å². The number of fused-ring (bicyclic) bond motifs is 1. The molecule has 2 aromatic carbocycles. The largest absolute Gasteiger partial charge is 0.493 e. The average Bonchev–Trinajstić information content (AvgIpc) is 3.64. The van der Waals surface area contributed by atoms with Gasteiger partial charge in [-0.25, -0.2) is 9.79 Å². The number of benzene rings is 2. The van der Waals surface area contributed by atoms with Crippen molar-refractivity contribution >= 4 is 41.1 Å². The van der Waals surface area contributed by atoms with E-state index in [2.05, 4.69) is 4.99 Å². The van der Waals surface area contributed by atoms with Crippen LogP contribution in [0, 0.1) is 0 Å². The van der Waals surface area contributed by atoms with Crippen molar-refractivity contribution in [3.8, 4) is 11.5 Å². The molecular weight excluding hydrogens is 587 g/mol. The lowest BCUT2D eigenvalue weighted by Crippen LogP contribution is -2.40. The van der Waals surface area contributed by atoms with Crippen molar-refractivity contribution < 1.29 is 23.8 Å². The highest BCUT2D eigenvalue weighted by Gasteiger charge is 2.33. The first-order chi connectivity index (χ1) is 20.7. The van der Waals surface area contributed by atoms with E-state index in [0.29, 0.717) is 32.1 Å². The minimum Gasteiger partial charge on any atom is -0.493 e. The highest BCUT2D eigenvalue weighted by Crippen LogP contribution is 2.32. The van der Waals surface area contributed by atoms with Gasteiger partial charge in [-0.2, -0.15) is 0 Å². The summed E-state index contributed by atoms with van der Waals surface area (Å²) in [6, 6.07) is 12.5. The first kappa shape index (κ1) is 30.6. The van der Waals surface area contributed by atoms with Gasteiger partial charge in [0.05, 0.1) is 35.1 Å². The van der Waals surface area contributed by atoms with E-state index in [1.165, 1.54) is 18.4 Å². The molecule has 1 fully saturated rings. The quantitative estimate of drug-likeness (QED) is 0.264. The molecule has 1 aromatic heterocycles. The molecule has 0 bridgehead atoms. The second-order valence-electron chi connectivity index (χ2n) is 10.6. The van der Waals surface area contributed by atoms with Crippen LogP contribution in [-0.4, -0.2) is 60.5 Å². The number of methoxy groups -OCH3 is 1. The van der Waals surface area contributed by atoms with Crippen LogP contribution in [0.5, 0.6) is 11.5 Å². The van der Waals surface area contributed by atoms with Crippen LogP contribution < -0.4 is 24.4 Å². The molecule has 5 rings (SSSR count). The molecule has 3 heterocycles. The fraction of sp³-hybridized carbons (Fsp3) is 0.375. The number of esters is 1. The van der Waals surface area contributed by atoms with Crippen molar-refractivity contribution in [3.05, 3.63) is 84.5 Å². The third-order valence-electron chi connectivity index (χ3n) is 7.31. The summed E-state index contributed by atoms with van der Waals surface area (Å²) >= 11 is 2.87. The molecule has 0 aliphatic carbocycles. The van der Waals surface area contributed by atoms with E-state index in [0.717, 1.165) is 42.0 Å². The van der Waals surface area contributed by atoms with Gasteiger partial charge < -0.3 is 19.1 Å². The third kappa shape index (κ3) is 6.57. The fourth-order valence-corrected chi connectivity index (χ4v) is 6.66. The number of carbonyl (C=O) groups is 2. The second kappa shape index (κ2) is 13.2. The first-order valence-corrected chi connectivity index (χ1v) is 16.2. The molecule has 1 saturated heterocycles. The summed E-state index contributed by atoms with van der Waals surface area (Å²) in [6.45, 7) is 6.82. The van der Waals surface area contributed by atoms with Gasteiger partial charge in [0.2, 0.25) is 0 Å². The van der Waals surface area contributed by atoms with E-state index in [1.807, 2.05) is 36.6 Å². The van der Waals surface area contributed by atoms with E-state index >= 15 is 0 Å². The zero-order valence-corrected chi connectivity index (χ0v) is 26.5. The van der Waals surface area contributed by atoms with E-state index in [9.17, 15) is 14.4 Å². The Balaban J connectivity index is 1.51. The van der Waals surface area contributed by atoms with Crippen molar-refractivity contribution in [1.29, 1.82) is 0 Å². The number of carbonyl (C=O) groups excluding carboxylic acids is 2. The van der Waals surface area contributed by atoms with Gasteiger partial charge in [0.25, 0.3) is 11.5 Å². The van der Waals surface area contributed by atoms with Crippen LogP contribution in [-0.2, 0) is 14.3 Å². The smallest absolute Gasteiger partial charge is 0.338 e. The number of likely N-dealkylation sites (tertiary alicyclic amines) is 1. The lowest BCUT2D eigenvalue weighted by atomic mass is 9.96. The van der Waals surface area contributed by atoms with Gasteiger partial charge in [-0.1, -0.05) is 29.5 Å². The van der Waals surface area contributed by atoms with Crippen molar-refractivity contribution in [2.75, 3.05) is 33.1 Å². The molecule has 0 radical (unpaired) electrons. The summed E-state index contributed by atoms with van der Waals surface area (Å²) in [5, 5.41) is 0. The fourth-order valence-electron chi connectivity index (χ4n) is 5.20. The average molecular weight is 622 g/mol. The third-order valence-corrected chi connectivity index (χ3v) is 9.04. The van der Waals surface area contributed by atoms with E-state index in [4.69, 9.17) is 14.2 Å². The summed E-state index contributed by atoms with van der Waals surface area (Å²) in [7, 11) is 1.53. The molecule has 2 aliphatic heterocycles. The van der Waals surface area contributed by atoms with E-state index < -0.39 is 12.0 Å². The monoisotopic (exact) mass is 621 g/mol. The van der Waals surface area contributed by atoms with E-state index in [1.54, 1.807) is 60.2 Å². The minimum absolute atomic E-state index is 0.0469. The molecule has 0 saturated carbocycles. The van der Waals surface area contributed by atoms with Crippen LogP contribution >= 0.6 is 23.1 Å². The summed E-state index contributed by atoms with van der Waals surface area (Å²) in [5.41, 5.74) is 2.11. The summed E-state index contributed by atoms with van der Waals surface area (Å²) in [4.78, 5) is 47.7. The Labute approximate surface area is 258 Å². The standard InChI is InChI=1S/C32H35N3O6S2/c1-19(2)41-31(38)28-20(3)33-32-35(29(28)22-9-11-23(42-5)12-10-22)30(37)26(43-32)17-21-8-13-24(25(16-21)39-4)40-18-27(36)34-14-6-7-15-34/h8-13,16-17,19,29H,6-7,14-15,18H2,1-5H3/b26-17-/t29-/m1/s1. The van der Waals surface area contributed by atoms with Gasteiger partial charge in [-0.15, -0.1) is 11.8 Å². The molecule has 1 amide bonds. The zero-order chi connectivity index (χ0) is 30.7. The summed E-state index contributed by atoms with van der Waals surface area (Å²) < 4.78 is 19.0. The second-order valence-corrected chi connectivity index (χ2v) is 12.5.